The van der Waals surface area contributed by atoms with Crippen LogP contribution >= 0.6 is 0 Å². The molecule has 5 rings (SSSR count). The fraction of sp³-hybridized carbons (Fsp3) is 0.733. The zero-order chi connectivity index (χ0) is 24.5. The average molecular weight is 483 g/mol. The smallest absolute Gasteiger partial charge is 0.329 e. The number of hydrogen-bond acceptors (Lipinski definition) is 3. The second kappa shape index (κ2) is 12.8. The molecule has 0 aliphatic heterocycles. The highest BCUT2D eigenvalue weighted by atomic mass is 16.5. The lowest BCUT2D eigenvalue weighted by molar-refractivity contribution is -0.147. The van der Waals surface area contributed by atoms with Gasteiger partial charge in [-0.25, -0.2) is 9.59 Å². The number of nitrogens with one attached hydrogen (secondary N) is 2. The highest BCUT2D eigenvalue weighted by molar-refractivity contribution is 5.84. The van der Waals surface area contributed by atoms with Crippen LogP contribution in [0.2, 0.25) is 0 Å². The van der Waals surface area contributed by atoms with E-state index in [1.807, 2.05) is 30.3 Å². The predicted octanol–water partition coefficient (Wildman–Crippen LogP) is 6.90. The first-order valence-corrected chi connectivity index (χ1v) is 14.3. The first-order valence-electron chi connectivity index (χ1n) is 14.3. The third kappa shape index (κ3) is 7.72. The minimum absolute atomic E-state index is 0.0597. The summed E-state index contributed by atoms with van der Waals surface area (Å²) in [4.78, 5) is 26.1. The Morgan fingerprint density at radius 2 is 1.46 bits per heavy atom. The molecule has 5 nitrogen and oxygen atoms in total. The maximum absolute atomic E-state index is 13.1. The molecule has 4 fully saturated rings. The number of carbonyl (C=O) groups excluding carboxylic acids is 2. The lowest BCUT2D eigenvalue weighted by Crippen LogP contribution is -2.62. The Labute approximate surface area is 212 Å². The molecule has 35 heavy (non-hydrogen) atoms. The molecular formula is C30H46N2O3. The molecule has 2 amide bonds. The van der Waals surface area contributed by atoms with Gasteiger partial charge < -0.3 is 15.4 Å². The molecular weight excluding hydrogens is 436 g/mol. The maximum atomic E-state index is 13.1. The van der Waals surface area contributed by atoms with Crippen LogP contribution in [0.4, 0.5) is 4.79 Å². The van der Waals surface area contributed by atoms with Gasteiger partial charge >= 0.3 is 12.0 Å². The van der Waals surface area contributed by atoms with Crippen LogP contribution in [0.25, 0.3) is 0 Å². The van der Waals surface area contributed by atoms with Crippen molar-refractivity contribution in [1.82, 2.24) is 10.6 Å². The van der Waals surface area contributed by atoms with E-state index in [4.69, 9.17) is 4.74 Å². The van der Waals surface area contributed by atoms with Crippen molar-refractivity contribution in [3.05, 3.63) is 35.9 Å². The Kier molecular flexibility index (Phi) is 9.51. The van der Waals surface area contributed by atoms with Crippen LogP contribution < -0.4 is 10.6 Å². The summed E-state index contributed by atoms with van der Waals surface area (Å²) >= 11 is 0. The summed E-state index contributed by atoms with van der Waals surface area (Å²) in [5.41, 5.74) is 0.903. The van der Waals surface area contributed by atoms with Crippen molar-refractivity contribution in [2.75, 3.05) is 0 Å². The summed E-state index contributed by atoms with van der Waals surface area (Å²) in [5.74, 6) is 1.99. The molecule has 5 heteroatoms. The summed E-state index contributed by atoms with van der Waals surface area (Å²) in [6, 6.07) is 8.96. The van der Waals surface area contributed by atoms with E-state index in [1.54, 1.807) is 0 Å². The van der Waals surface area contributed by atoms with E-state index < -0.39 is 6.04 Å². The van der Waals surface area contributed by atoms with E-state index in [0.717, 1.165) is 55.4 Å². The summed E-state index contributed by atoms with van der Waals surface area (Å²) in [6.07, 6.45) is 17.6. The van der Waals surface area contributed by atoms with Gasteiger partial charge in [0.25, 0.3) is 0 Å². The van der Waals surface area contributed by atoms with Crippen LogP contribution in [-0.2, 0) is 16.1 Å². The van der Waals surface area contributed by atoms with Gasteiger partial charge in [0.05, 0.1) is 0 Å². The minimum atomic E-state index is -0.590. The first-order chi connectivity index (χ1) is 17.0. The quantitative estimate of drug-likeness (QED) is 0.224. The topological polar surface area (TPSA) is 67.4 Å². The van der Waals surface area contributed by atoms with Crippen LogP contribution in [0.15, 0.2) is 30.3 Å². The van der Waals surface area contributed by atoms with Crippen LogP contribution in [-0.4, -0.2) is 23.6 Å². The number of esters is 1. The molecule has 1 unspecified atom stereocenters. The van der Waals surface area contributed by atoms with Gasteiger partial charge in [-0.1, -0.05) is 88.6 Å². The highest BCUT2D eigenvalue weighted by Crippen LogP contribution is 2.55. The SMILES string of the molecule is CCCCCCCCCCC(NC(=O)NC12CC3CC(CC(C3)C1)C2)C(=O)OCc1ccccc1. The molecule has 4 aliphatic carbocycles. The van der Waals surface area contributed by atoms with E-state index in [-0.39, 0.29) is 24.1 Å². The number of hydrogen-bond donors (Lipinski definition) is 2. The highest BCUT2D eigenvalue weighted by Gasteiger charge is 2.51. The summed E-state index contributed by atoms with van der Waals surface area (Å²) in [7, 11) is 0. The predicted molar refractivity (Wildman–Crippen MR) is 140 cm³/mol. The Bertz CT molecular complexity index is 774. The number of urea groups is 1. The molecule has 1 atom stereocenters. The third-order valence-corrected chi connectivity index (χ3v) is 8.58. The van der Waals surface area contributed by atoms with Gasteiger partial charge in [0, 0.05) is 5.54 Å². The number of ether oxygens (including phenoxy) is 1. The Hall–Kier alpha value is -2.04. The zero-order valence-electron chi connectivity index (χ0n) is 21.7. The molecule has 194 valence electrons. The normalized spacial score (nSPS) is 27.4. The van der Waals surface area contributed by atoms with E-state index in [0.29, 0.717) is 6.42 Å². The van der Waals surface area contributed by atoms with Gasteiger partial charge in [-0.2, -0.15) is 0 Å². The van der Waals surface area contributed by atoms with Gasteiger partial charge in [0.15, 0.2) is 0 Å². The zero-order valence-corrected chi connectivity index (χ0v) is 21.7. The molecule has 2 N–H and O–H groups in total. The molecule has 0 aromatic heterocycles. The van der Waals surface area contributed by atoms with E-state index in [2.05, 4.69) is 17.6 Å². The molecule has 0 saturated heterocycles. The standard InChI is InChI=1S/C30H46N2O3/c1-2-3-4-5-6-7-8-12-15-27(28(33)35-22-23-13-10-9-11-14-23)31-29(34)32-30-19-24-16-25(20-30)18-26(17-24)21-30/h9-11,13-14,24-27H,2-8,12,15-22H2,1H3,(H2,31,32,34). The largest absolute Gasteiger partial charge is 0.459 e. The van der Waals surface area contributed by atoms with Crippen molar-refractivity contribution < 1.29 is 14.3 Å². The van der Waals surface area contributed by atoms with Crippen molar-refractivity contribution in [3.63, 3.8) is 0 Å². The average Bonchev–Trinajstić information content (AvgIpc) is 2.83. The second-order valence-electron chi connectivity index (χ2n) is 11.7. The van der Waals surface area contributed by atoms with Crippen molar-refractivity contribution in [2.45, 2.75) is 121 Å². The summed E-state index contributed by atoms with van der Waals surface area (Å²) in [5, 5.41) is 6.38. The lowest BCUT2D eigenvalue weighted by Gasteiger charge is -2.56. The van der Waals surface area contributed by atoms with E-state index in [9.17, 15) is 9.59 Å². The molecule has 0 spiro atoms. The van der Waals surface area contributed by atoms with Gasteiger partial charge in [-0.05, 0) is 68.3 Å². The van der Waals surface area contributed by atoms with Crippen molar-refractivity contribution in [1.29, 1.82) is 0 Å². The lowest BCUT2D eigenvalue weighted by atomic mass is 9.53. The van der Waals surface area contributed by atoms with E-state index in [1.165, 1.54) is 57.8 Å². The Balaban J connectivity index is 1.27. The Morgan fingerprint density at radius 3 is 2.06 bits per heavy atom. The maximum Gasteiger partial charge on any atom is 0.329 e. The monoisotopic (exact) mass is 482 g/mol. The van der Waals surface area contributed by atoms with Crippen LogP contribution in [0.3, 0.4) is 0 Å². The van der Waals surface area contributed by atoms with Gasteiger partial charge in [-0.3, -0.25) is 0 Å². The number of benzene rings is 1. The van der Waals surface area contributed by atoms with Gasteiger partial charge in [-0.15, -0.1) is 0 Å². The summed E-state index contributed by atoms with van der Waals surface area (Å²) in [6.45, 7) is 2.48. The molecule has 0 heterocycles. The Morgan fingerprint density at radius 1 is 0.886 bits per heavy atom. The summed E-state index contributed by atoms with van der Waals surface area (Å²) < 4.78 is 5.63. The molecule has 1 aromatic rings. The molecule has 4 saturated carbocycles. The number of unbranched alkanes of at least 4 members (excludes halogenated alkanes) is 7. The fourth-order valence-electron chi connectivity index (χ4n) is 7.26. The fourth-order valence-corrected chi connectivity index (χ4v) is 7.26. The van der Waals surface area contributed by atoms with Crippen molar-refractivity contribution >= 4 is 12.0 Å². The van der Waals surface area contributed by atoms with Crippen LogP contribution in [0, 0.1) is 17.8 Å². The van der Waals surface area contributed by atoms with Crippen molar-refractivity contribution in [3.8, 4) is 0 Å². The van der Waals surface area contributed by atoms with Gasteiger partial charge in [0.1, 0.15) is 12.6 Å². The minimum Gasteiger partial charge on any atom is -0.459 e. The third-order valence-electron chi connectivity index (χ3n) is 8.58. The van der Waals surface area contributed by atoms with Gasteiger partial charge in [0.2, 0.25) is 0 Å². The molecule has 4 bridgehead atoms. The first kappa shape index (κ1) is 26.0. The van der Waals surface area contributed by atoms with Crippen LogP contribution in [0.1, 0.15) is 109 Å². The molecule has 1 aromatic carbocycles. The second-order valence-corrected chi connectivity index (χ2v) is 11.7. The molecule has 4 aliphatic rings. The van der Waals surface area contributed by atoms with Crippen molar-refractivity contribution in [2.24, 2.45) is 17.8 Å². The van der Waals surface area contributed by atoms with E-state index >= 15 is 0 Å². The number of rotatable bonds is 14. The number of carbonyl (C=O) groups is 2. The molecule has 0 radical (unpaired) electrons. The number of amides is 2. The van der Waals surface area contributed by atoms with Crippen LogP contribution in [0.5, 0.6) is 0 Å².